The number of rotatable bonds is 2. The Hall–Kier alpha value is -1.32. The van der Waals surface area contributed by atoms with Gasteiger partial charge in [0.25, 0.3) is 5.56 Å². The molecule has 1 aromatic heterocycles. The van der Waals surface area contributed by atoms with Gasteiger partial charge < -0.3 is 4.57 Å². The van der Waals surface area contributed by atoms with Gasteiger partial charge in [-0.25, -0.2) is 4.98 Å². The number of hydrogen-bond acceptors (Lipinski definition) is 2. The summed E-state index contributed by atoms with van der Waals surface area (Å²) in [6.07, 6.45) is 0. The monoisotopic (exact) mass is 268 g/mol. The van der Waals surface area contributed by atoms with Gasteiger partial charge in [0, 0.05) is 12.1 Å². The average molecular weight is 269 g/mol. The zero-order chi connectivity index (χ0) is 12.4. The molecule has 0 aliphatic carbocycles. The van der Waals surface area contributed by atoms with Crippen LogP contribution < -0.4 is 5.56 Å². The van der Waals surface area contributed by atoms with Crippen LogP contribution in [0.1, 0.15) is 6.92 Å². The summed E-state index contributed by atoms with van der Waals surface area (Å²) >= 11 is 11.8. The largest absolute Gasteiger partial charge is 0.303 e. The average Bonchev–Trinajstić information content (AvgIpc) is 2.34. The molecule has 0 saturated heterocycles. The van der Waals surface area contributed by atoms with E-state index in [1.54, 1.807) is 0 Å². The summed E-state index contributed by atoms with van der Waals surface area (Å²) in [4.78, 5) is 15.7. The maximum atomic E-state index is 11.9. The molecule has 1 heterocycles. The minimum atomic E-state index is -0.322. The smallest absolute Gasteiger partial charge is 0.288 e. The molecule has 0 amide bonds. The Morgan fingerprint density at radius 3 is 2.41 bits per heavy atom. The lowest BCUT2D eigenvalue weighted by Gasteiger charge is -2.12. The van der Waals surface area contributed by atoms with E-state index in [-0.39, 0.29) is 15.9 Å². The molecule has 0 bridgehead atoms. The van der Waals surface area contributed by atoms with Gasteiger partial charge in [0.15, 0.2) is 10.3 Å². The van der Waals surface area contributed by atoms with Crippen molar-refractivity contribution in [2.45, 2.75) is 13.5 Å². The van der Waals surface area contributed by atoms with Crippen LogP contribution in [-0.4, -0.2) is 9.55 Å². The fourth-order valence-electron chi connectivity index (χ4n) is 1.68. The standard InChI is InChI=1S/C12H10Cl2N2O/c1-2-16-9(8-6-4-3-5-7-8)10(13)15-11(14)12(16)17/h3-7H,2H2,1H3. The molecule has 1 aromatic carbocycles. The van der Waals surface area contributed by atoms with Crippen molar-refractivity contribution in [2.75, 3.05) is 0 Å². The van der Waals surface area contributed by atoms with Crippen molar-refractivity contribution in [1.29, 1.82) is 0 Å². The van der Waals surface area contributed by atoms with E-state index in [1.807, 2.05) is 37.3 Å². The first-order valence-electron chi connectivity index (χ1n) is 5.16. The lowest BCUT2D eigenvalue weighted by molar-refractivity contribution is 0.727. The maximum Gasteiger partial charge on any atom is 0.288 e. The number of hydrogen-bond donors (Lipinski definition) is 0. The number of nitrogens with zero attached hydrogens (tertiary/aromatic N) is 2. The topological polar surface area (TPSA) is 34.9 Å². The molecular weight excluding hydrogens is 259 g/mol. The van der Waals surface area contributed by atoms with Gasteiger partial charge in [-0.3, -0.25) is 4.79 Å². The van der Waals surface area contributed by atoms with Crippen LogP contribution in [0.2, 0.25) is 10.3 Å². The normalized spacial score (nSPS) is 10.5. The van der Waals surface area contributed by atoms with E-state index >= 15 is 0 Å². The Morgan fingerprint density at radius 1 is 1.18 bits per heavy atom. The van der Waals surface area contributed by atoms with Crippen LogP contribution in [0.15, 0.2) is 35.1 Å². The molecule has 88 valence electrons. The van der Waals surface area contributed by atoms with Gasteiger partial charge >= 0.3 is 0 Å². The highest BCUT2D eigenvalue weighted by atomic mass is 35.5. The Kier molecular flexibility index (Phi) is 3.50. The van der Waals surface area contributed by atoms with Crippen LogP contribution in [0, 0.1) is 0 Å². The second-order valence-corrected chi connectivity index (χ2v) is 4.17. The van der Waals surface area contributed by atoms with E-state index in [9.17, 15) is 4.79 Å². The summed E-state index contributed by atoms with van der Waals surface area (Å²) in [5, 5.41) is 0.138. The van der Waals surface area contributed by atoms with Crippen molar-refractivity contribution in [2.24, 2.45) is 0 Å². The third-order valence-corrected chi connectivity index (χ3v) is 2.96. The SMILES string of the molecule is CCn1c(-c2ccccc2)c(Cl)nc(Cl)c1=O. The molecule has 0 N–H and O–H groups in total. The molecule has 0 aliphatic rings. The molecule has 0 radical (unpaired) electrons. The summed E-state index contributed by atoms with van der Waals surface area (Å²) in [5.74, 6) is 0. The number of benzene rings is 1. The molecule has 0 spiro atoms. The first-order chi connectivity index (χ1) is 8.15. The van der Waals surface area contributed by atoms with E-state index in [1.165, 1.54) is 4.57 Å². The molecule has 0 saturated carbocycles. The molecule has 17 heavy (non-hydrogen) atoms. The van der Waals surface area contributed by atoms with Gasteiger partial charge in [0.1, 0.15) is 0 Å². The van der Waals surface area contributed by atoms with Crippen molar-refractivity contribution < 1.29 is 0 Å². The maximum absolute atomic E-state index is 11.9. The van der Waals surface area contributed by atoms with E-state index in [4.69, 9.17) is 23.2 Å². The molecule has 2 rings (SSSR count). The van der Waals surface area contributed by atoms with Crippen molar-refractivity contribution in [3.8, 4) is 11.3 Å². The van der Waals surface area contributed by atoms with Crippen LogP contribution in [-0.2, 0) is 6.54 Å². The molecule has 0 aliphatic heterocycles. The third-order valence-electron chi connectivity index (χ3n) is 2.45. The van der Waals surface area contributed by atoms with E-state index in [0.29, 0.717) is 12.2 Å². The van der Waals surface area contributed by atoms with Gasteiger partial charge in [-0.15, -0.1) is 0 Å². The number of aromatic nitrogens is 2. The van der Waals surface area contributed by atoms with Crippen molar-refractivity contribution in [1.82, 2.24) is 9.55 Å². The summed E-state index contributed by atoms with van der Waals surface area (Å²) in [6, 6.07) is 9.41. The van der Waals surface area contributed by atoms with Crippen LogP contribution in [0.5, 0.6) is 0 Å². The summed E-state index contributed by atoms with van der Waals surface area (Å²) in [6.45, 7) is 2.35. The molecular formula is C12H10Cl2N2O. The Morgan fingerprint density at radius 2 is 1.82 bits per heavy atom. The highest BCUT2D eigenvalue weighted by Crippen LogP contribution is 2.25. The molecule has 2 aromatic rings. The van der Waals surface area contributed by atoms with Crippen LogP contribution in [0.3, 0.4) is 0 Å². The highest BCUT2D eigenvalue weighted by Gasteiger charge is 2.14. The third kappa shape index (κ3) is 2.21. The Labute approximate surface area is 109 Å². The van der Waals surface area contributed by atoms with E-state index < -0.39 is 0 Å². The highest BCUT2D eigenvalue weighted by molar-refractivity contribution is 6.33. The van der Waals surface area contributed by atoms with Crippen LogP contribution in [0.25, 0.3) is 11.3 Å². The van der Waals surface area contributed by atoms with Gasteiger partial charge in [-0.1, -0.05) is 53.5 Å². The second-order valence-electron chi connectivity index (χ2n) is 3.46. The Bertz CT molecular complexity index is 593. The fraction of sp³-hybridized carbons (Fsp3) is 0.167. The lowest BCUT2D eigenvalue weighted by Crippen LogP contribution is -2.23. The molecule has 3 nitrogen and oxygen atoms in total. The number of halogens is 2. The molecule has 0 fully saturated rings. The zero-order valence-corrected chi connectivity index (χ0v) is 10.7. The predicted molar refractivity (Wildman–Crippen MR) is 69.6 cm³/mol. The first-order valence-corrected chi connectivity index (χ1v) is 5.92. The van der Waals surface area contributed by atoms with E-state index in [2.05, 4.69) is 4.98 Å². The summed E-state index contributed by atoms with van der Waals surface area (Å²) in [7, 11) is 0. The Balaban J connectivity index is 2.78. The summed E-state index contributed by atoms with van der Waals surface area (Å²) in [5.41, 5.74) is 1.13. The summed E-state index contributed by atoms with van der Waals surface area (Å²) < 4.78 is 1.52. The first kappa shape index (κ1) is 12.1. The minimum Gasteiger partial charge on any atom is -0.303 e. The van der Waals surface area contributed by atoms with E-state index in [0.717, 1.165) is 5.56 Å². The van der Waals surface area contributed by atoms with Gasteiger partial charge in [-0.2, -0.15) is 0 Å². The van der Waals surface area contributed by atoms with Gasteiger partial charge in [0.2, 0.25) is 0 Å². The van der Waals surface area contributed by atoms with Gasteiger partial charge in [0.05, 0.1) is 5.69 Å². The zero-order valence-electron chi connectivity index (χ0n) is 9.15. The van der Waals surface area contributed by atoms with Crippen LogP contribution in [0.4, 0.5) is 0 Å². The quantitative estimate of drug-likeness (QED) is 0.838. The van der Waals surface area contributed by atoms with Crippen molar-refractivity contribution >= 4 is 23.2 Å². The molecule has 0 atom stereocenters. The second kappa shape index (κ2) is 4.90. The molecule has 0 unspecified atom stereocenters. The van der Waals surface area contributed by atoms with Crippen LogP contribution >= 0.6 is 23.2 Å². The van der Waals surface area contributed by atoms with Gasteiger partial charge in [-0.05, 0) is 6.92 Å². The van der Waals surface area contributed by atoms with Crippen molar-refractivity contribution in [3.63, 3.8) is 0 Å². The minimum absolute atomic E-state index is 0.100. The predicted octanol–water partition coefficient (Wildman–Crippen LogP) is 3.24. The lowest BCUT2D eigenvalue weighted by atomic mass is 10.1. The van der Waals surface area contributed by atoms with Crippen molar-refractivity contribution in [3.05, 3.63) is 51.0 Å². The molecule has 5 heteroatoms. The fourth-order valence-corrected chi connectivity index (χ4v) is 2.21.